The van der Waals surface area contributed by atoms with Gasteiger partial charge in [0.05, 0.1) is 6.04 Å². The molecule has 2 amide bonds. The Balaban J connectivity index is 1.97. The van der Waals surface area contributed by atoms with Gasteiger partial charge in [0.2, 0.25) is 11.8 Å². The lowest BCUT2D eigenvalue weighted by atomic mass is 9.77. The molecule has 0 aromatic heterocycles. The van der Waals surface area contributed by atoms with Gasteiger partial charge in [-0.05, 0) is 42.5 Å². The van der Waals surface area contributed by atoms with Crippen LogP contribution in [0.5, 0.6) is 0 Å². The number of hydrogen-bond acceptors (Lipinski definition) is 3. The van der Waals surface area contributed by atoms with Gasteiger partial charge in [0.25, 0.3) is 0 Å². The van der Waals surface area contributed by atoms with Crippen LogP contribution < -0.4 is 16.4 Å². The van der Waals surface area contributed by atoms with E-state index in [-0.39, 0.29) is 17.4 Å². The summed E-state index contributed by atoms with van der Waals surface area (Å²) in [5.41, 5.74) is 6.54. The summed E-state index contributed by atoms with van der Waals surface area (Å²) < 4.78 is 0. The van der Waals surface area contributed by atoms with Crippen molar-refractivity contribution in [3.63, 3.8) is 0 Å². The van der Waals surface area contributed by atoms with Crippen LogP contribution in [0.2, 0.25) is 0 Å². The molecule has 0 spiro atoms. The summed E-state index contributed by atoms with van der Waals surface area (Å²) in [7, 11) is 0. The van der Waals surface area contributed by atoms with E-state index in [9.17, 15) is 9.59 Å². The Morgan fingerprint density at radius 3 is 2.86 bits per heavy atom. The Kier molecular flexibility index (Phi) is 4.63. The normalized spacial score (nSPS) is 20.8. The average Bonchev–Trinajstić information content (AvgIpc) is 2.44. The van der Waals surface area contributed by atoms with Gasteiger partial charge < -0.3 is 16.4 Å². The number of amides is 2. The maximum absolute atomic E-state index is 12.3. The smallest absolute Gasteiger partial charge is 0.248 e. The number of benzene rings is 1. The number of piperidine rings is 1. The van der Waals surface area contributed by atoms with Gasteiger partial charge in [-0.2, -0.15) is 0 Å². The van der Waals surface area contributed by atoms with Crippen LogP contribution in [0.4, 0.5) is 0 Å². The standard InChI is InChI=1S/C16H23N3O2/c1-16(2)7-4-8-18-13(16)15(21)19-10-11-5-3-6-12(9-11)14(17)20/h3,5-6,9,13,18H,4,7-8,10H2,1-2H3,(H2,17,20)(H,19,21). The summed E-state index contributed by atoms with van der Waals surface area (Å²) in [6.45, 7) is 5.49. The highest BCUT2D eigenvalue weighted by molar-refractivity contribution is 5.92. The molecule has 21 heavy (non-hydrogen) atoms. The number of rotatable bonds is 4. The van der Waals surface area contributed by atoms with Gasteiger partial charge in [0.15, 0.2) is 0 Å². The van der Waals surface area contributed by atoms with Crippen LogP contribution in [0.3, 0.4) is 0 Å². The second-order valence-electron chi connectivity index (χ2n) is 6.26. The molecule has 0 aliphatic carbocycles. The molecule has 0 bridgehead atoms. The third kappa shape index (κ3) is 3.82. The fraction of sp³-hybridized carbons (Fsp3) is 0.500. The largest absolute Gasteiger partial charge is 0.366 e. The molecule has 1 fully saturated rings. The number of nitrogens with two attached hydrogens (primary N) is 1. The second kappa shape index (κ2) is 6.26. The minimum absolute atomic E-state index is 0.00387. The maximum atomic E-state index is 12.3. The van der Waals surface area contributed by atoms with E-state index in [1.165, 1.54) is 0 Å². The Labute approximate surface area is 125 Å². The summed E-state index contributed by atoms with van der Waals surface area (Å²) in [4.78, 5) is 23.5. The Bertz CT molecular complexity index is 540. The van der Waals surface area contributed by atoms with Crippen LogP contribution in [-0.2, 0) is 11.3 Å². The zero-order valence-electron chi connectivity index (χ0n) is 12.6. The molecule has 0 saturated carbocycles. The molecule has 1 unspecified atom stereocenters. The molecule has 5 heteroatoms. The van der Waals surface area contributed by atoms with Gasteiger partial charge >= 0.3 is 0 Å². The molecule has 2 rings (SSSR count). The molecule has 0 radical (unpaired) electrons. The van der Waals surface area contributed by atoms with Crippen molar-refractivity contribution in [2.75, 3.05) is 6.54 Å². The van der Waals surface area contributed by atoms with Gasteiger partial charge in [-0.3, -0.25) is 9.59 Å². The first-order valence-corrected chi connectivity index (χ1v) is 7.30. The predicted octanol–water partition coefficient (Wildman–Crippen LogP) is 1.18. The van der Waals surface area contributed by atoms with Crippen molar-refractivity contribution < 1.29 is 9.59 Å². The molecule has 1 saturated heterocycles. The van der Waals surface area contributed by atoms with Crippen molar-refractivity contribution in [3.05, 3.63) is 35.4 Å². The minimum atomic E-state index is -0.460. The number of carbonyl (C=O) groups is 2. The molecule has 1 aromatic rings. The lowest BCUT2D eigenvalue weighted by molar-refractivity contribution is -0.126. The topological polar surface area (TPSA) is 84.2 Å². The minimum Gasteiger partial charge on any atom is -0.366 e. The van der Waals surface area contributed by atoms with E-state index in [2.05, 4.69) is 24.5 Å². The zero-order chi connectivity index (χ0) is 15.5. The van der Waals surface area contributed by atoms with Crippen LogP contribution in [-0.4, -0.2) is 24.4 Å². The molecule has 1 aromatic carbocycles. The highest BCUT2D eigenvalue weighted by Crippen LogP contribution is 2.30. The fourth-order valence-corrected chi connectivity index (χ4v) is 2.78. The van der Waals surface area contributed by atoms with E-state index in [1.54, 1.807) is 18.2 Å². The number of nitrogens with one attached hydrogen (secondary N) is 2. The number of carbonyl (C=O) groups excluding carboxylic acids is 2. The SMILES string of the molecule is CC1(C)CCCNC1C(=O)NCc1cccc(C(N)=O)c1. The molecular weight excluding hydrogens is 266 g/mol. The quantitative estimate of drug-likeness (QED) is 0.778. The van der Waals surface area contributed by atoms with Crippen molar-refractivity contribution in [3.8, 4) is 0 Å². The van der Waals surface area contributed by atoms with Crippen molar-refractivity contribution in [2.24, 2.45) is 11.1 Å². The molecular formula is C16H23N3O2. The Morgan fingerprint density at radius 2 is 2.19 bits per heavy atom. The monoisotopic (exact) mass is 289 g/mol. The molecule has 1 atom stereocenters. The highest BCUT2D eigenvalue weighted by Gasteiger charge is 2.36. The van der Waals surface area contributed by atoms with Crippen LogP contribution in [0.1, 0.15) is 42.6 Å². The summed E-state index contributed by atoms with van der Waals surface area (Å²) >= 11 is 0. The van der Waals surface area contributed by atoms with Crippen molar-refractivity contribution in [1.82, 2.24) is 10.6 Å². The lowest BCUT2D eigenvalue weighted by Gasteiger charge is -2.38. The van der Waals surface area contributed by atoms with E-state index in [0.717, 1.165) is 24.9 Å². The maximum Gasteiger partial charge on any atom is 0.248 e. The van der Waals surface area contributed by atoms with Crippen molar-refractivity contribution >= 4 is 11.8 Å². The number of primary amides is 1. The first-order valence-electron chi connectivity index (χ1n) is 7.30. The van der Waals surface area contributed by atoms with E-state index in [1.807, 2.05) is 6.07 Å². The van der Waals surface area contributed by atoms with E-state index in [4.69, 9.17) is 5.73 Å². The fourth-order valence-electron chi connectivity index (χ4n) is 2.78. The van der Waals surface area contributed by atoms with Crippen LogP contribution >= 0.6 is 0 Å². The third-order valence-corrected chi connectivity index (χ3v) is 4.07. The summed E-state index contributed by atoms with van der Waals surface area (Å²) in [6.07, 6.45) is 2.13. The lowest BCUT2D eigenvalue weighted by Crippen LogP contribution is -2.55. The first kappa shape index (κ1) is 15.5. The molecule has 1 heterocycles. The van der Waals surface area contributed by atoms with Crippen molar-refractivity contribution in [2.45, 2.75) is 39.3 Å². The highest BCUT2D eigenvalue weighted by atomic mass is 16.2. The average molecular weight is 289 g/mol. The predicted molar refractivity (Wildman–Crippen MR) is 81.6 cm³/mol. The van der Waals surface area contributed by atoms with Crippen molar-refractivity contribution in [1.29, 1.82) is 0 Å². The summed E-state index contributed by atoms with van der Waals surface area (Å²) in [6, 6.07) is 6.84. The molecule has 1 aliphatic heterocycles. The van der Waals surface area contributed by atoms with Gasteiger partial charge in [0, 0.05) is 12.1 Å². The molecule has 114 valence electrons. The van der Waals surface area contributed by atoms with Gasteiger partial charge in [0.1, 0.15) is 0 Å². The van der Waals surface area contributed by atoms with Gasteiger partial charge in [-0.15, -0.1) is 0 Å². The number of hydrogen-bond donors (Lipinski definition) is 3. The van der Waals surface area contributed by atoms with Crippen LogP contribution in [0, 0.1) is 5.41 Å². The Hall–Kier alpha value is -1.88. The molecule has 1 aliphatic rings. The summed E-state index contributed by atoms with van der Waals surface area (Å²) in [5.74, 6) is -0.456. The van der Waals surface area contributed by atoms with Gasteiger partial charge in [-0.25, -0.2) is 0 Å². The van der Waals surface area contributed by atoms with E-state index >= 15 is 0 Å². The van der Waals surface area contributed by atoms with Gasteiger partial charge in [-0.1, -0.05) is 26.0 Å². The zero-order valence-corrected chi connectivity index (χ0v) is 12.6. The molecule has 5 nitrogen and oxygen atoms in total. The third-order valence-electron chi connectivity index (χ3n) is 4.07. The van der Waals surface area contributed by atoms with E-state index in [0.29, 0.717) is 12.1 Å². The molecule has 4 N–H and O–H groups in total. The van der Waals surface area contributed by atoms with Crippen LogP contribution in [0.15, 0.2) is 24.3 Å². The first-order chi connectivity index (χ1) is 9.90. The summed E-state index contributed by atoms with van der Waals surface area (Å²) in [5, 5.41) is 6.23. The van der Waals surface area contributed by atoms with Crippen LogP contribution in [0.25, 0.3) is 0 Å². The Morgan fingerprint density at radius 1 is 1.43 bits per heavy atom. The van der Waals surface area contributed by atoms with E-state index < -0.39 is 5.91 Å². The second-order valence-corrected chi connectivity index (χ2v) is 6.26.